The van der Waals surface area contributed by atoms with Gasteiger partial charge in [0.1, 0.15) is 0 Å². The van der Waals surface area contributed by atoms with Gasteiger partial charge in [0.05, 0.1) is 18.7 Å². The zero-order valence-electron chi connectivity index (χ0n) is 13.3. The summed E-state index contributed by atoms with van der Waals surface area (Å²) in [4.78, 5) is 16.5. The molecule has 2 aliphatic rings. The van der Waals surface area contributed by atoms with Crippen molar-refractivity contribution in [1.29, 1.82) is 0 Å². The molecule has 2 atom stereocenters. The summed E-state index contributed by atoms with van der Waals surface area (Å²) in [7, 11) is 0. The van der Waals surface area contributed by atoms with Gasteiger partial charge in [-0.05, 0) is 31.4 Å². The topological polar surface area (TPSA) is 55.8 Å². The molecule has 2 N–H and O–H groups in total. The molecule has 2 fully saturated rings. The van der Waals surface area contributed by atoms with Crippen LogP contribution in [0, 0.1) is 0 Å². The monoisotopic (exact) mass is 303 g/mol. The Balaban J connectivity index is 1.61. The molecule has 3 rings (SSSR count). The maximum Gasteiger partial charge on any atom is 0.318 e. The fourth-order valence-corrected chi connectivity index (χ4v) is 3.64. The Morgan fingerprint density at radius 2 is 1.95 bits per heavy atom. The first-order valence-corrected chi connectivity index (χ1v) is 8.08. The summed E-state index contributed by atoms with van der Waals surface area (Å²) in [5.41, 5.74) is 2.19. The van der Waals surface area contributed by atoms with Gasteiger partial charge in [-0.3, -0.25) is 4.90 Å². The Hall–Kier alpha value is -1.59. The second-order valence-corrected chi connectivity index (χ2v) is 6.62. The van der Waals surface area contributed by atoms with Gasteiger partial charge in [0, 0.05) is 25.7 Å². The number of carbonyl (C=O) groups excluding carboxylic acids is 1. The van der Waals surface area contributed by atoms with Gasteiger partial charge in [0.15, 0.2) is 0 Å². The van der Waals surface area contributed by atoms with E-state index in [1.807, 2.05) is 17.0 Å². The molecule has 0 saturated carbocycles. The molecule has 5 heteroatoms. The van der Waals surface area contributed by atoms with Gasteiger partial charge in [-0.2, -0.15) is 0 Å². The van der Waals surface area contributed by atoms with Crippen molar-refractivity contribution in [3.8, 4) is 0 Å². The summed E-state index contributed by atoms with van der Waals surface area (Å²) in [6.07, 6.45) is 1.02. The fraction of sp³-hybridized carbons (Fsp3) is 0.588. The molecule has 22 heavy (non-hydrogen) atoms. The number of nitrogens with one attached hydrogen (secondary N) is 1. The second kappa shape index (κ2) is 6.26. The first-order valence-electron chi connectivity index (χ1n) is 8.08. The third-order valence-corrected chi connectivity index (χ3v) is 4.73. The first kappa shape index (κ1) is 15.3. The normalized spacial score (nSPS) is 25.5. The number of hydrogen-bond acceptors (Lipinski definition) is 3. The van der Waals surface area contributed by atoms with Gasteiger partial charge in [0.2, 0.25) is 0 Å². The smallest absolute Gasteiger partial charge is 0.318 e. The van der Waals surface area contributed by atoms with E-state index >= 15 is 0 Å². The summed E-state index contributed by atoms with van der Waals surface area (Å²) in [5.74, 6) is 0. The largest absolute Gasteiger partial charge is 0.392 e. The number of nitrogens with zero attached hydrogens (tertiary/aromatic N) is 2. The Bertz CT molecular complexity index is 529. The molecule has 2 amide bonds. The average Bonchev–Trinajstić information content (AvgIpc) is 2.83. The summed E-state index contributed by atoms with van der Waals surface area (Å²) in [5, 5.41) is 12.2. The van der Waals surface area contributed by atoms with Crippen molar-refractivity contribution in [3.63, 3.8) is 0 Å². The molecule has 0 radical (unpaired) electrons. The van der Waals surface area contributed by atoms with Crippen molar-refractivity contribution in [1.82, 2.24) is 15.1 Å². The highest BCUT2D eigenvalue weighted by Gasteiger charge is 2.43. The molecular weight excluding hydrogens is 278 g/mol. The molecule has 0 spiro atoms. The van der Waals surface area contributed by atoms with Crippen LogP contribution in [0.4, 0.5) is 4.79 Å². The highest BCUT2D eigenvalue weighted by atomic mass is 16.3. The second-order valence-electron chi connectivity index (χ2n) is 6.62. The van der Waals surface area contributed by atoms with E-state index in [1.165, 1.54) is 5.56 Å². The number of carbonyl (C=O) groups is 1. The lowest BCUT2D eigenvalue weighted by Gasteiger charge is -2.38. The van der Waals surface area contributed by atoms with Crippen LogP contribution in [0.1, 0.15) is 31.4 Å². The number of benzene rings is 1. The molecule has 120 valence electrons. The number of fused-ring (bicyclic) bond motifs is 1. The first-order chi connectivity index (χ1) is 10.6. The minimum Gasteiger partial charge on any atom is -0.392 e. The highest BCUT2D eigenvalue weighted by Crippen LogP contribution is 2.25. The molecule has 0 aromatic heterocycles. The van der Waals surface area contributed by atoms with Crippen LogP contribution in [0.3, 0.4) is 0 Å². The van der Waals surface area contributed by atoms with Crippen molar-refractivity contribution in [2.24, 2.45) is 0 Å². The molecule has 2 aliphatic heterocycles. The number of likely N-dealkylation sites (tertiary alicyclic amines) is 1. The van der Waals surface area contributed by atoms with Crippen LogP contribution in [0.2, 0.25) is 0 Å². The minimum atomic E-state index is 0.0825. The Kier molecular flexibility index (Phi) is 4.36. The third-order valence-electron chi connectivity index (χ3n) is 4.73. The average molecular weight is 303 g/mol. The molecule has 2 heterocycles. The number of rotatable bonds is 4. The van der Waals surface area contributed by atoms with Gasteiger partial charge in [-0.25, -0.2) is 4.79 Å². The molecule has 5 nitrogen and oxygen atoms in total. The van der Waals surface area contributed by atoms with Crippen LogP contribution in [0.15, 0.2) is 24.3 Å². The molecule has 1 aromatic rings. The molecule has 0 unspecified atom stereocenters. The third kappa shape index (κ3) is 2.96. The van der Waals surface area contributed by atoms with E-state index in [0.717, 1.165) is 31.6 Å². The van der Waals surface area contributed by atoms with Crippen LogP contribution in [-0.2, 0) is 13.2 Å². The van der Waals surface area contributed by atoms with Gasteiger partial charge in [-0.15, -0.1) is 0 Å². The van der Waals surface area contributed by atoms with E-state index in [-0.39, 0.29) is 24.7 Å². The van der Waals surface area contributed by atoms with Crippen molar-refractivity contribution < 1.29 is 9.90 Å². The molecule has 0 aliphatic carbocycles. The molecule has 0 bridgehead atoms. The maximum atomic E-state index is 12.1. The van der Waals surface area contributed by atoms with Crippen molar-refractivity contribution >= 4 is 6.03 Å². The van der Waals surface area contributed by atoms with Gasteiger partial charge in [0.25, 0.3) is 0 Å². The SMILES string of the molecule is CC(C)N1C(=O)N[C@@H]2CN(Cc3ccc(CO)cc3)CC[C@@H]21. The zero-order valence-corrected chi connectivity index (χ0v) is 13.3. The quantitative estimate of drug-likeness (QED) is 0.887. The minimum absolute atomic E-state index is 0.0825. The number of aliphatic hydroxyl groups excluding tert-OH is 1. The summed E-state index contributed by atoms with van der Waals surface area (Å²) >= 11 is 0. The lowest BCUT2D eigenvalue weighted by atomic mass is 9.98. The van der Waals surface area contributed by atoms with Crippen LogP contribution in [0.5, 0.6) is 0 Å². The Morgan fingerprint density at radius 1 is 1.27 bits per heavy atom. The number of aliphatic hydroxyl groups is 1. The lowest BCUT2D eigenvalue weighted by Crippen LogP contribution is -2.51. The van der Waals surface area contributed by atoms with Crippen LogP contribution in [0.25, 0.3) is 0 Å². The van der Waals surface area contributed by atoms with Crippen LogP contribution >= 0.6 is 0 Å². The predicted molar refractivity (Wildman–Crippen MR) is 85.3 cm³/mol. The van der Waals surface area contributed by atoms with E-state index in [0.29, 0.717) is 6.04 Å². The fourth-order valence-electron chi connectivity index (χ4n) is 3.64. The molecule has 2 saturated heterocycles. The van der Waals surface area contributed by atoms with E-state index < -0.39 is 0 Å². The van der Waals surface area contributed by atoms with Crippen LogP contribution in [-0.4, -0.2) is 52.2 Å². The standard InChI is InChI=1S/C17H25N3O2/c1-12(2)20-16-7-8-19(10-15(16)18-17(20)22)9-13-3-5-14(11-21)6-4-13/h3-6,12,15-16,21H,7-11H2,1-2H3,(H,18,22)/t15-,16+/m1/s1. The van der Waals surface area contributed by atoms with Crippen molar-refractivity contribution in [2.75, 3.05) is 13.1 Å². The van der Waals surface area contributed by atoms with E-state index in [1.54, 1.807) is 0 Å². The Labute approximate surface area is 131 Å². The summed E-state index contributed by atoms with van der Waals surface area (Å²) in [6.45, 7) is 7.06. The van der Waals surface area contributed by atoms with Gasteiger partial charge in [-0.1, -0.05) is 24.3 Å². The molecular formula is C17H25N3O2. The van der Waals surface area contributed by atoms with Gasteiger partial charge >= 0.3 is 6.03 Å². The van der Waals surface area contributed by atoms with Crippen LogP contribution < -0.4 is 5.32 Å². The summed E-state index contributed by atoms with van der Waals surface area (Å²) < 4.78 is 0. The predicted octanol–water partition coefficient (Wildman–Crippen LogP) is 1.56. The number of hydrogen-bond donors (Lipinski definition) is 2. The van der Waals surface area contributed by atoms with Gasteiger partial charge < -0.3 is 15.3 Å². The van der Waals surface area contributed by atoms with E-state index in [9.17, 15) is 4.79 Å². The maximum absolute atomic E-state index is 12.1. The zero-order chi connectivity index (χ0) is 15.7. The van der Waals surface area contributed by atoms with Crippen molar-refractivity contribution in [3.05, 3.63) is 35.4 Å². The highest BCUT2D eigenvalue weighted by molar-refractivity contribution is 5.78. The lowest BCUT2D eigenvalue weighted by molar-refractivity contribution is 0.122. The number of amides is 2. The molecule has 1 aromatic carbocycles. The number of urea groups is 1. The van der Waals surface area contributed by atoms with Crippen molar-refractivity contribution in [2.45, 2.75) is 51.5 Å². The number of piperidine rings is 1. The summed E-state index contributed by atoms with van der Waals surface area (Å²) in [6, 6.07) is 9.00. The van der Waals surface area contributed by atoms with E-state index in [4.69, 9.17) is 5.11 Å². The van der Waals surface area contributed by atoms with E-state index in [2.05, 4.69) is 36.2 Å². The Morgan fingerprint density at radius 3 is 2.59 bits per heavy atom.